The molecule has 0 aromatic heterocycles. The normalized spacial score (nSPS) is 13.2. The number of nitrogens with one attached hydrogen (secondary N) is 1. The first-order valence-corrected chi connectivity index (χ1v) is 6.29. The molecular formula is C12H11F7N4O2. The van der Waals surface area contributed by atoms with Crippen molar-refractivity contribution in [3.8, 4) is 0 Å². The van der Waals surface area contributed by atoms with E-state index in [9.17, 15) is 40.8 Å². The highest BCUT2D eigenvalue weighted by atomic mass is 19.4. The minimum Gasteiger partial charge on any atom is -0.377 e. The van der Waals surface area contributed by atoms with Crippen LogP contribution in [0, 0.1) is 10.1 Å². The van der Waals surface area contributed by atoms with Crippen molar-refractivity contribution in [2.45, 2.75) is 18.1 Å². The maximum atomic E-state index is 13.1. The number of nitrogens with zero attached hydrogens (tertiary/aromatic N) is 3. The SMILES string of the molecule is CN(C)c1ccc([N+](=O)[O-])cc1/C=N/NC(F)(F)C(F)(F)C(F)(F)F. The smallest absolute Gasteiger partial charge is 0.377 e. The third-order valence-electron chi connectivity index (χ3n) is 2.86. The summed E-state index contributed by atoms with van der Waals surface area (Å²) in [6.45, 7) is 0. The van der Waals surface area contributed by atoms with Crippen molar-refractivity contribution < 1.29 is 35.7 Å². The number of hydrogen-bond acceptors (Lipinski definition) is 5. The largest absolute Gasteiger partial charge is 0.462 e. The molecule has 0 aliphatic heterocycles. The highest BCUT2D eigenvalue weighted by molar-refractivity contribution is 5.89. The van der Waals surface area contributed by atoms with Gasteiger partial charge in [-0.05, 0) is 6.07 Å². The van der Waals surface area contributed by atoms with Crippen molar-refractivity contribution in [1.29, 1.82) is 0 Å². The van der Waals surface area contributed by atoms with Gasteiger partial charge >= 0.3 is 18.1 Å². The molecule has 0 bridgehead atoms. The summed E-state index contributed by atoms with van der Waals surface area (Å²) >= 11 is 0. The van der Waals surface area contributed by atoms with Crippen LogP contribution in [0.1, 0.15) is 5.56 Å². The lowest BCUT2D eigenvalue weighted by molar-refractivity contribution is -0.384. The second kappa shape index (κ2) is 6.72. The van der Waals surface area contributed by atoms with Gasteiger partial charge in [-0.25, -0.2) is 5.43 Å². The molecule has 0 unspecified atom stereocenters. The van der Waals surface area contributed by atoms with Crippen LogP contribution in [-0.2, 0) is 0 Å². The second-order valence-corrected chi connectivity index (χ2v) is 4.91. The van der Waals surface area contributed by atoms with E-state index in [0.717, 1.165) is 12.1 Å². The highest BCUT2D eigenvalue weighted by Crippen LogP contribution is 2.45. The first kappa shape index (κ1) is 20.4. The number of rotatable bonds is 6. The average Bonchev–Trinajstić information content (AvgIpc) is 2.45. The second-order valence-electron chi connectivity index (χ2n) is 4.91. The molecule has 0 spiro atoms. The number of benzene rings is 1. The molecule has 6 nitrogen and oxygen atoms in total. The molecule has 13 heteroatoms. The zero-order valence-corrected chi connectivity index (χ0v) is 12.6. The minimum absolute atomic E-state index is 0.155. The van der Waals surface area contributed by atoms with Crippen molar-refractivity contribution in [2.75, 3.05) is 19.0 Å². The molecule has 0 saturated carbocycles. The summed E-state index contributed by atoms with van der Waals surface area (Å²) in [5.41, 5.74) is 0.0573. The molecule has 0 aliphatic rings. The van der Waals surface area contributed by atoms with Crippen molar-refractivity contribution in [2.24, 2.45) is 5.10 Å². The van der Waals surface area contributed by atoms with Crippen molar-refractivity contribution in [3.63, 3.8) is 0 Å². The molecule has 1 aromatic rings. The zero-order valence-electron chi connectivity index (χ0n) is 12.6. The summed E-state index contributed by atoms with van der Waals surface area (Å²) in [7, 11) is 2.97. The van der Waals surface area contributed by atoms with Gasteiger partial charge in [0.1, 0.15) is 0 Å². The molecule has 0 saturated heterocycles. The maximum absolute atomic E-state index is 13.1. The average molecular weight is 376 g/mol. The van der Waals surface area contributed by atoms with Gasteiger partial charge in [0.25, 0.3) is 5.69 Å². The molecule has 1 aromatic carbocycles. The van der Waals surface area contributed by atoms with Crippen LogP contribution in [0.2, 0.25) is 0 Å². The Morgan fingerprint density at radius 3 is 2.16 bits per heavy atom. The molecule has 1 rings (SSSR count). The molecule has 0 aliphatic carbocycles. The van der Waals surface area contributed by atoms with Crippen molar-refractivity contribution in [3.05, 3.63) is 33.9 Å². The Bertz CT molecular complexity index is 674. The molecule has 140 valence electrons. The summed E-state index contributed by atoms with van der Waals surface area (Å²) in [4.78, 5) is 11.3. The number of nitro groups is 1. The van der Waals surface area contributed by atoms with E-state index >= 15 is 0 Å². The zero-order chi connectivity index (χ0) is 19.6. The molecule has 0 fully saturated rings. The Hall–Kier alpha value is -2.60. The Labute approximate surface area is 136 Å². The van der Waals surface area contributed by atoms with Gasteiger partial charge in [0.05, 0.1) is 11.1 Å². The molecular weight excluding hydrogens is 365 g/mol. The summed E-state index contributed by atoms with van der Waals surface area (Å²) in [5.74, 6) is -6.37. The molecule has 0 heterocycles. The number of alkyl halides is 7. The molecule has 0 amide bonds. The standard InChI is InChI=1S/C12H11F7N4O2/c1-22(2)9-4-3-8(23(24)25)5-7(9)6-20-21-12(18,19)10(13,14)11(15,16)17/h3-6,21H,1-2H3/b20-6+. The molecule has 1 N–H and O–H groups in total. The number of hydrazone groups is 1. The van der Waals surface area contributed by atoms with Crippen molar-refractivity contribution in [1.82, 2.24) is 5.43 Å². The van der Waals surface area contributed by atoms with Gasteiger partial charge in [0, 0.05) is 37.5 Å². The van der Waals surface area contributed by atoms with E-state index in [2.05, 4.69) is 5.10 Å². The minimum atomic E-state index is -6.50. The van der Waals surface area contributed by atoms with E-state index in [-0.39, 0.29) is 11.3 Å². The van der Waals surface area contributed by atoms with Gasteiger partial charge in [-0.15, -0.1) is 0 Å². The fourth-order valence-corrected chi connectivity index (χ4v) is 1.60. The van der Waals surface area contributed by atoms with Gasteiger partial charge in [0.15, 0.2) is 0 Å². The lowest BCUT2D eigenvalue weighted by atomic mass is 10.1. The quantitative estimate of drug-likeness (QED) is 0.272. The monoisotopic (exact) mass is 376 g/mol. The summed E-state index contributed by atoms with van der Waals surface area (Å²) in [5, 5.41) is 13.4. The Kier molecular flexibility index (Phi) is 5.50. The van der Waals surface area contributed by atoms with Crippen LogP contribution in [0.4, 0.5) is 42.1 Å². The van der Waals surface area contributed by atoms with Crippen molar-refractivity contribution >= 4 is 17.6 Å². The maximum Gasteiger partial charge on any atom is 0.462 e. The first-order chi connectivity index (χ1) is 11.2. The lowest BCUT2D eigenvalue weighted by Crippen LogP contribution is -2.58. The highest BCUT2D eigenvalue weighted by Gasteiger charge is 2.73. The summed E-state index contributed by atoms with van der Waals surface area (Å²) in [6.07, 6.45) is -6.03. The van der Waals surface area contributed by atoms with Crippen LogP contribution in [0.25, 0.3) is 0 Å². The number of anilines is 1. The fraction of sp³-hybridized carbons (Fsp3) is 0.417. The first-order valence-electron chi connectivity index (χ1n) is 6.29. The summed E-state index contributed by atoms with van der Waals surface area (Å²) < 4.78 is 87.5. The van der Waals surface area contributed by atoms with Crippen LogP contribution in [0.5, 0.6) is 0 Å². The number of halogens is 7. The third-order valence-corrected chi connectivity index (χ3v) is 2.86. The third kappa shape index (κ3) is 4.28. The Morgan fingerprint density at radius 1 is 1.16 bits per heavy atom. The van der Waals surface area contributed by atoms with E-state index in [0.29, 0.717) is 11.6 Å². The Balaban J connectivity index is 3.13. The summed E-state index contributed by atoms with van der Waals surface area (Å²) in [6, 6.07) is -2.52. The molecule has 0 atom stereocenters. The van der Waals surface area contributed by atoms with Crippen LogP contribution in [0.15, 0.2) is 23.3 Å². The van der Waals surface area contributed by atoms with Gasteiger partial charge in [-0.2, -0.15) is 35.8 Å². The van der Waals surface area contributed by atoms with E-state index in [1.54, 1.807) is 0 Å². The van der Waals surface area contributed by atoms with E-state index in [1.165, 1.54) is 25.1 Å². The number of non-ortho nitro benzene ring substituents is 1. The van der Waals surface area contributed by atoms with Crippen LogP contribution in [0.3, 0.4) is 0 Å². The number of nitro benzene ring substituents is 1. The van der Waals surface area contributed by atoms with Gasteiger partial charge < -0.3 is 4.90 Å². The predicted octanol–water partition coefficient (Wildman–Crippen LogP) is 3.37. The van der Waals surface area contributed by atoms with Crippen LogP contribution in [-0.4, -0.2) is 43.4 Å². The van der Waals surface area contributed by atoms with Crippen LogP contribution >= 0.6 is 0 Å². The fourth-order valence-electron chi connectivity index (χ4n) is 1.60. The Morgan fingerprint density at radius 2 is 1.72 bits per heavy atom. The van der Waals surface area contributed by atoms with Gasteiger partial charge in [-0.1, -0.05) is 0 Å². The van der Waals surface area contributed by atoms with E-state index in [4.69, 9.17) is 0 Å². The van der Waals surface area contributed by atoms with Gasteiger partial charge in [-0.3, -0.25) is 10.1 Å². The topological polar surface area (TPSA) is 70.8 Å². The molecule has 25 heavy (non-hydrogen) atoms. The van der Waals surface area contributed by atoms with E-state index in [1.807, 2.05) is 0 Å². The van der Waals surface area contributed by atoms with E-state index < -0.39 is 28.8 Å². The predicted molar refractivity (Wildman–Crippen MR) is 74.1 cm³/mol. The van der Waals surface area contributed by atoms with Crippen LogP contribution < -0.4 is 10.3 Å². The lowest BCUT2D eigenvalue weighted by Gasteiger charge is -2.27. The number of hydrogen-bond donors (Lipinski definition) is 1. The van der Waals surface area contributed by atoms with Gasteiger partial charge in [0.2, 0.25) is 0 Å². The molecule has 0 radical (unpaired) electrons.